The lowest BCUT2D eigenvalue weighted by Crippen LogP contribution is -2.33. The summed E-state index contributed by atoms with van der Waals surface area (Å²) < 4.78 is 45.0. The van der Waals surface area contributed by atoms with Gasteiger partial charge in [-0.25, -0.2) is 17.5 Å². The van der Waals surface area contributed by atoms with Crippen molar-refractivity contribution in [3.63, 3.8) is 0 Å². The van der Waals surface area contributed by atoms with Crippen LogP contribution in [0.25, 0.3) is 0 Å². The lowest BCUT2D eigenvalue weighted by atomic mass is 9.96. The van der Waals surface area contributed by atoms with Crippen LogP contribution in [0.2, 0.25) is 0 Å². The van der Waals surface area contributed by atoms with Crippen LogP contribution in [-0.4, -0.2) is 35.2 Å². The van der Waals surface area contributed by atoms with E-state index < -0.39 is 15.8 Å². The Morgan fingerprint density at radius 3 is 2.95 bits per heavy atom. The minimum Gasteiger partial charge on any atom is -0.494 e. The van der Waals surface area contributed by atoms with Crippen LogP contribution in [0.15, 0.2) is 23.1 Å². The van der Waals surface area contributed by atoms with E-state index >= 15 is 0 Å². The molecule has 0 amide bonds. The summed E-state index contributed by atoms with van der Waals surface area (Å²) >= 11 is 0. The molecular weight excluding hydrogens is 295 g/mol. The molecule has 1 fully saturated rings. The Morgan fingerprint density at radius 2 is 2.29 bits per heavy atom. The quantitative estimate of drug-likeness (QED) is 0.835. The van der Waals surface area contributed by atoms with E-state index in [1.54, 1.807) is 0 Å². The zero-order valence-electron chi connectivity index (χ0n) is 12.1. The van der Waals surface area contributed by atoms with Crippen molar-refractivity contribution < 1.29 is 17.5 Å². The van der Waals surface area contributed by atoms with Crippen LogP contribution in [-0.2, 0) is 10.0 Å². The number of methoxy groups -OCH3 is 1. The zero-order chi connectivity index (χ0) is 15.3. The third-order valence-electron chi connectivity index (χ3n) is 3.68. The fourth-order valence-corrected chi connectivity index (χ4v) is 3.52. The number of hydrogen-bond acceptors (Lipinski definition) is 4. The lowest BCUT2D eigenvalue weighted by Gasteiger charge is -2.22. The molecule has 0 radical (unpaired) electrons. The molecule has 1 heterocycles. The molecule has 0 spiro atoms. The van der Waals surface area contributed by atoms with Gasteiger partial charge in [-0.2, -0.15) is 0 Å². The van der Waals surface area contributed by atoms with E-state index in [1.807, 2.05) is 0 Å². The van der Waals surface area contributed by atoms with Gasteiger partial charge in [0.2, 0.25) is 10.0 Å². The van der Waals surface area contributed by atoms with E-state index in [1.165, 1.54) is 19.2 Å². The predicted octanol–water partition coefficient (Wildman–Crippen LogP) is 1.50. The first-order valence-corrected chi connectivity index (χ1v) is 8.55. The average molecular weight is 316 g/mol. The summed E-state index contributed by atoms with van der Waals surface area (Å²) in [6.45, 7) is 2.36. The first kappa shape index (κ1) is 16.2. The van der Waals surface area contributed by atoms with Crippen LogP contribution in [0, 0.1) is 11.7 Å². The Kier molecular flexibility index (Phi) is 5.55. The molecule has 5 nitrogen and oxygen atoms in total. The molecule has 1 atom stereocenters. The van der Waals surface area contributed by atoms with Crippen molar-refractivity contribution in [3.8, 4) is 5.75 Å². The summed E-state index contributed by atoms with van der Waals surface area (Å²) in [6, 6.07) is 3.53. The second-order valence-corrected chi connectivity index (χ2v) is 6.96. The Labute approximate surface area is 124 Å². The summed E-state index contributed by atoms with van der Waals surface area (Å²) in [6.07, 6.45) is 3.05. The van der Waals surface area contributed by atoms with Gasteiger partial charge in [0, 0.05) is 12.6 Å². The summed E-state index contributed by atoms with van der Waals surface area (Å²) in [5.41, 5.74) is 0. The van der Waals surface area contributed by atoms with Gasteiger partial charge in [-0.05, 0) is 50.4 Å². The Balaban J connectivity index is 1.94. The fraction of sp³-hybridized carbons (Fsp3) is 0.571. The van der Waals surface area contributed by atoms with E-state index in [4.69, 9.17) is 4.74 Å². The molecular formula is C14H21FN2O3S. The smallest absolute Gasteiger partial charge is 0.240 e. The topological polar surface area (TPSA) is 67.4 Å². The molecule has 7 heteroatoms. The van der Waals surface area contributed by atoms with Crippen LogP contribution in [0.3, 0.4) is 0 Å². The second-order valence-electron chi connectivity index (χ2n) is 5.20. The molecule has 0 aliphatic carbocycles. The molecule has 0 aromatic heterocycles. The highest BCUT2D eigenvalue weighted by Crippen LogP contribution is 2.21. The largest absolute Gasteiger partial charge is 0.494 e. The van der Waals surface area contributed by atoms with E-state index in [0.29, 0.717) is 12.5 Å². The molecule has 1 aliphatic heterocycles. The standard InChI is InChI=1S/C14H21FN2O3S/c1-20-14-9-12(4-5-13(14)15)21(18,19)17-8-6-11-3-2-7-16-10-11/h4-5,9,11,16-17H,2-3,6-8,10H2,1H3. The molecule has 1 aromatic carbocycles. The monoisotopic (exact) mass is 316 g/mol. The molecule has 1 aliphatic rings. The summed E-state index contributed by atoms with van der Waals surface area (Å²) in [7, 11) is -2.32. The highest BCUT2D eigenvalue weighted by atomic mass is 32.2. The van der Waals surface area contributed by atoms with Gasteiger partial charge in [-0.15, -0.1) is 0 Å². The number of halogens is 1. The van der Waals surface area contributed by atoms with Crippen molar-refractivity contribution in [3.05, 3.63) is 24.0 Å². The van der Waals surface area contributed by atoms with Crippen LogP contribution in [0.5, 0.6) is 5.75 Å². The number of sulfonamides is 1. The van der Waals surface area contributed by atoms with E-state index in [9.17, 15) is 12.8 Å². The first-order chi connectivity index (χ1) is 10.0. The predicted molar refractivity (Wildman–Crippen MR) is 78.4 cm³/mol. The highest BCUT2D eigenvalue weighted by molar-refractivity contribution is 7.89. The Morgan fingerprint density at radius 1 is 1.48 bits per heavy atom. The van der Waals surface area contributed by atoms with Crippen LogP contribution >= 0.6 is 0 Å². The number of benzene rings is 1. The summed E-state index contributed by atoms with van der Waals surface area (Å²) in [4.78, 5) is 0.0162. The van der Waals surface area contributed by atoms with Gasteiger partial charge in [-0.1, -0.05) is 0 Å². The highest BCUT2D eigenvalue weighted by Gasteiger charge is 2.18. The molecule has 118 valence electrons. The van der Waals surface area contributed by atoms with Crippen LogP contribution < -0.4 is 14.8 Å². The fourth-order valence-electron chi connectivity index (χ4n) is 2.46. The molecule has 2 N–H and O–H groups in total. The zero-order valence-corrected chi connectivity index (χ0v) is 12.9. The second kappa shape index (κ2) is 7.20. The molecule has 21 heavy (non-hydrogen) atoms. The van der Waals surface area contributed by atoms with Crippen LogP contribution in [0.1, 0.15) is 19.3 Å². The number of piperidine rings is 1. The molecule has 2 rings (SSSR count). The lowest BCUT2D eigenvalue weighted by molar-refractivity contribution is 0.358. The number of hydrogen-bond donors (Lipinski definition) is 2. The van der Waals surface area contributed by atoms with Crippen molar-refractivity contribution in [2.75, 3.05) is 26.7 Å². The van der Waals surface area contributed by atoms with Crippen LogP contribution in [0.4, 0.5) is 4.39 Å². The van der Waals surface area contributed by atoms with Crippen molar-refractivity contribution >= 4 is 10.0 Å². The SMILES string of the molecule is COc1cc(S(=O)(=O)NCCC2CCCNC2)ccc1F. The summed E-state index contributed by atoms with van der Waals surface area (Å²) in [5.74, 6) is -0.150. The van der Waals surface area contributed by atoms with Crippen molar-refractivity contribution in [1.29, 1.82) is 0 Å². The summed E-state index contributed by atoms with van der Waals surface area (Å²) in [5, 5.41) is 3.30. The molecule has 1 saturated heterocycles. The number of ether oxygens (including phenoxy) is 1. The molecule has 1 aromatic rings. The molecule has 0 saturated carbocycles. The maximum atomic E-state index is 13.3. The van der Waals surface area contributed by atoms with Gasteiger partial charge >= 0.3 is 0 Å². The Hall–Kier alpha value is -1.18. The number of nitrogens with one attached hydrogen (secondary N) is 2. The van der Waals surface area contributed by atoms with Gasteiger partial charge in [0.1, 0.15) is 0 Å². The minimum absolute atomic E-state index is 0.0162. The maximum absolute atomic E-state index is 13.3. The Bertz CT molecular complexity index is 572. The van der Waals surface area contributed by atoms with E-state index in [2.05, 4.69) is 10.0 Å². The van der Waals surface area contributed by atoms with Crippen molar-refractivity contribution in [1.82, 2.24) is 10.0 Å². The van der Waals surface area contributed by atoms with Gasteiger partial charge in [0.25, 0.3) is 0 Å². The first-order valence-electron chi connectivity index (χ1n) is 7.07. The third kappa shape index (κ3) is 4.39. The van der Waals surface area contributed by atoms with E-state index in [0.717, 1.165) is 38.4 Å². The van der Waals surface area contributed by atoms with Gasteiger partial charge in [0.15, 0.2) is 11.6 Å². The molecule has 1 unspecified atom stereocenters. The van der Waals surface area contributed by atoms with Gasteiger partial charge < -0.3 is 10.1 Å². The van der Waals surface area contributed by atoms with Gasteiger partial charge in [0.05, 0.1) is 12.0 Å². The van der Waals surface area contributed by atoms with Crippen molar-refractivity contribution in [2.24, 2.45) is 5.92 Å². The normalized spacial score (nSPS) is 19.4. The number of rotatable bonds is 6. The van der Waals surface area contributed by atoms with E-state index in [-0.39, 0.29) is 10.6 Å². The molecule has 0 bridgehead atoms. The minimum atomic E-state index is -3.63. The van der Waals surface area contributed by atoms with Crippen molar-refractivity contribution in [2.45, 2.75) is 24.2 Å². The average Bonchev–Trinajstić information content (AvgIpc) is 2.48. The maximum Gasteiger partial charge on any atom is 0.240 e. The third-order valence-corrected chi connectivity index (χ3v) is 5.14. The van der Waals surface area contributed by atoms with Gasteiger partial charge in [-0.3, -0.25) is 0 Å².